The van der Waals surface area contributed by atoms with Crippen molar-refractivity contribution in [1.82, 2.24) is 14.3 Å². The minimum absolute atomic E-state index is 0.0365. The summed E-state index contributed by atoms with van der Waals surface area (Å²) in [5.41, 5.74) is 2.46. The van der Waals surface area contributed by atoms with Gasteiger partial charge in [-0.25, -0.2) is 4.98 Å². The number of hydrogen-bond donors (Lipinski definition) is 1. The lowest BCUT2D eigenvalue weighted by Crippen LogP contribution is -2.43. The molecule has 0 bridgehead atoms. The summed E-state index contributed by atoms with van der Waals surface area (Å²) in [6.45, 7) is 6.79. The van der Waals surface area contributed by atoms with Gasteiger partial charge in [-0.05, 0) is 37.9 Å². The van der Waals surface area contributed by atoms with Gasteiger partial charge in [-0.3, -0.25) is 14.1 Å². The van der Waals surface area contributed by atoms with Crippen molar-refractivity contribution >= 4 is 5.65 Å². The maximum atomic E-state index is 12.2. The first-order valence-corrected chi connectivity index (χ1v) is 7.82. The fourth-order valence-electron chi connectivity index (χ4n) is 3.31. The number of fused-ring (bicyclic) bond motifs is 1. The van der Waals surface area contributed by atoms with Gasteiger partial charge in [0.25, 0.3) is 5.56 Å². The summed E-state index contributed by atoms with van der Waals surface area (Å²) < 4.78 is 1.59. The van der Waals surface area contributed by atoms with Crippen LogP contribution in [0.25, 0.3) is 5.65 Å². The second-order valence-electron chi connectivity index (χ2n) is 6.75. The quantitative estimate of drug-likeness (QED) is 0.935. The number of aryl methyl sites for hydroxylation is 1. The first kappa shape index (κ1) is 15.2. The Kier molecular flexibility index (Phi) is 4.02. The van der Waals surface area contributed by atoms with E-state index in [1.807, 2.05) is 19.1 Å². The van der Waals surface area contributed by atoms with Crippen LogP contribution in [-0.4, -0.2) is 39.1 Å². The van der Waals surface area contributed by atoms with Crippen LogP contribution in [0.15, 0.2) is 29.2 Å². The number of piperidine rings is 1. The Morgan fingerprint density at radius 1 is 1.45 bits per heavy atom. The lowest BCUT2D eigenvalue weighted by atomic mass is 9.83. The molecule has 22 heavy (non-hydrogen) atoms. The largest absolute Gasteiger partial charge is 0.396 e. The maximum Gasteiger partial charge on any atom is 0.258 e. The minimum atomic E-state index is -0.0416. The molecule has 0 saturated carbocycles. The second-order valence-corrected chi connectivity index (χ2v) is 6.75. The molecule has 0 aromatic carbocycles. The van der Waals surface area contributed by atoms with E-state index in [1.54, 1.807) is 16.7 Å². The van der Waals surface area contributed by atoms with Gasteiger partial charge in [0.05, 0.1) is 5.69 Å². The van der Waals surface area contributed by atoms with Crippen LogP contribution in [0.4, 0.5) is 0 Å². The number of aliphatic hydroxyl groups excluding tert-OH is 1. The molecular weight excluding hydrogens is 278 g/mol. The van der Waals surface area contributed by atoms with Gasteiger partial charge in [0.2, 0.25) is 0 Å². The first-order chi connectivity index (χ1) is 10.5. The molecule has 5 nitrogen and oxygen atoms in total. The standard InChI is InChI=1S/C17H23N3O2/c1-13-5-3-8-20-15(22)9-14(18-16(13)20)10-19-7-4-6-17(2,11-19)12-21/h3,5,8-9,21H,4,6-7,10-12H2,1-2H3. The maximum absolute atomic E-state index is 12.2. The fourth-order valence-corrected chi connectivity index (χ4v) is 3.31. The molecule has 1 saturated heterocycles. The number of pyridine rings is 1. The molecule has 118 valence electrons. The first-order valence-electron chi connectivity index (χ1n) is 7.82. The van der Waals surface area contributed by atoms with Crippen molar-refractivity contribution in [2.75, 3.05) is 19.7 Å². The molecule has 1 atom stereocenters. The number of nitrogens with zero attached hydrogens (tertiary/aromatic N) is 3. The average Bonchev–Trinajstić information content (AvgIpc) is 2.49. The van der Waals surface area contributed by atoms with E-state index in [2.05, 4.69) is 16.8 Å². The van der Waals surface area contributed by atoms with E-state index in [1.165, 1.54) is 0 Å². The van der Waals surface area contributed by atoms with Gasteiger partial charge in [-0.1, -0.05) is 13.0 Å². The van der Waals surface area contributed by atoms with E-state index < -0.39 is 0 Å². The van der Waals surface area contributed by atoms with Crippen LogP contribution in [0.3, 0.4) is 0 Å². The normalized spacial score (nSPS) is 23.0. The molecule has 0 spiro atoms. The lowest BCUT2D eigenvalue weighted by Gasteiger charge is -2.39. The molecule has 1 unspecified atom stereocenters. The Morgan fingerprint density at radius 3 is 3.05 bits per heavy atom. The number of aliphatic hydroxyl groups is 1. The highest BCUT2D eigenvalue weighted by atomic mass is 16.3. The fraction of sp³-hybridized carbons (Fsp3) is 0.529. The average molecular weight is 301 g/mol. The minimum Gasteiger partial charge on any atom is -0.396 e. The van der Waals surface area contributed by atoms with Gasteiger partial charge < -0.3 is 5.11 Å². The molecule has 1 aliphatic rings. The molecular formula is C17H23N3O2. The molecule has 3 rings (SSSR count). The Bertz CT molecular complexity index is 740. The van der Waals surface area contributed by atoms with Gasteiger partial charge in [0.1, 0.15) is 5.65 Å². The van der Waals surface area contributed by atoms with Crippen molar-refractivity contribution in [2.24, 2.45) is 5.41 Å². The van der Waals surface area contributed by atoms with E-state index in [4.69, 9.17) is 0 Å². The summed E-state index contributed by atoms with van der Waals surface area (Å²) in [7, 11) is 0. The van der Waals surface area contributed by atoms with Crippen molar-refractivity contribution < 1.29 is 5.11 Å². The van der Waals surface area contributed by atoms with E-state index in [9.17, 15) is 9.90 Å². The zero-order valence-corrected chi connectivity index (χ0v) is 13.2. The van der Waals surface area contributed by atoms with Crippen LogP contribution in [-0.2, 0) is 6.54 Å². The summed E-state index contributed by atoms with van der Waals surface area (Å²) >= 11 is 0. The third-order valence-corrected chi connectivity index (χ3v) is 4.57. The summed E-state index contributed by atoms with van der Waals surface area (Å²) in [6, 6.07) is 5.45. The molecule has 1 N–H and O–H groups in total. The molecule has 1 fully saturated rings. The van der Waals surface area contributed by atoms with Gasteiger partial charge in [0, 0.05) is 37.4 Å². The molecule has 5 heteroatoms. The van der Waals surface area contributed by atoms with Crippen LogP contribution in [0, 0.1) is 12.3 Å². The zero-order chi connectivity index (χ0) is 15.7. The summed E-state index contributed by atoms with van der Waals surface area (Å²) in [4.78, 5) is 19.2. The van der Waals surface area contributed by atoms with Crippen LogP contribution in [0.1, 0.15) is 31.0 Å². The van der Waals surface area contributed by atoms with Crippen LogP contribution >= 0.6 is 0 Å². The molecule has 0 amide bonds. The van der Waals surface area contributed by atoms with Gasteiger partial charge >= 0.3 is 0 Å². The highest BCUT2D eigenvalue weighted by Gasteiger charge is 2.30. The predicted octanol–water partition coefficient (Wildman–Crippen LogP) is 1.60. The third kappa shape index (κ3) is 2.91. The Morgan fingerprint density at radius 2 is 2.27 bits per heavy atom. The second kappa shape index (κ2) is 5.82. The van der Waals surface area contributed by atoms with E-state index >= 15 is 0 Å². The van der Waals surface area contributed by atoms with Gasteiger partial charge in [0.15, 0.2) is 0 Å². The molecule has 0 radical (unpaired) electrons. The smallest absolute Gasteiger partial charge is 0.258 e. The Labute approximate surface area is 130 Å². The highest BCUT2D eigenvalue weighted by Crippen LogP contribution is 2.29. The van der Waals surface area contributed by atoms with Crippen molar-refractivity contribution in [3.05, 3.63) is 46.0 Å². The van der Waals surface area contributed by atoms with Crippen LogP contribution in [0.2, 0.25) is 0 Å². The van der Waals surface area contributed by atoms with Crippen molar-refractivity contribution in [3.63, 3.8) is 0 Å². The summed E-state index contributed by atoms with van der Waals surface area (Å²) in [5.74, 6) is 0. The topological polar surface area (TPSA) is 57.8 Å². The van der Waals surface area contributed by atoms with Gasteiger partial charge in [-0.15, -0.1) is 0 Å². The van der Waals surface area contributed by atoms with Gasteiger partial charge in [-0.2, -0.15) is 0 Å². The summed E-state index contributed by atoms with van der Waals surface area (Å²) in [5, 5.41) is 9.56. The third-order valence-electron chi connectivity index (χ3n) is 4.57. The Hall–Kier alpha value is -1.72. The Balaban J connectivity index is 1.88. The number of likely N-dealkylation sites (tertiary alicyclic amines) is 1. The highest BCUT2D eigenvalue weighted by molar-refractivity contribution is 5.46. The van der Waals surface area contributed by atoms with Crippen molar-refractivity contribution in [3.8, 4) is 0 Å². The SMILES string of the molecule is Cc1cccn2c(=O)cc(CN3CCCC(C)(CO)C3)nc12. The van der Waals surface area contributed by atoms with Crippen molar-refractivity contribution in [2.45, 2.75) is 33.2 Å². The monoisotopic (exact) mass is 301 g/mol. The number of aromatic nitrogens is 2. The molecule has 2 aromatic rings. The molecule has 0 aliphatic carbocycles. The van der Waals surface area contributed by atoms with Crippen LogP contribution in [0.5, 0.6) is 0 Å². The van der Waals surface area contributed by atoms with E-state index in [0.29, 0.717) is 6.54 Å². The molecule has 3 heterocycles. The van der Waals surface area contributed by atoms with E-state index in [0.717, 1.165) is 42.8 Å². The zero-order valence-electron chi connectivity index (χ0n) is 13.2. The van der Waals surface area contributed by atoms with Crippen LogP contribution < -0.4 is 5.56 Å². The molecule has 2 aromatic heterocycles. The predicted molar refractivity (Wildman–Crippen MR) is 85.9 cm³/mol. The number of rotatable bonds is 3. The molecule has 1 aliphatic heterocycles. The lowest BCUT2D eigenvalue weighted by molar-refractivity contribution is 0.0424. The summed E-state index contributed by atoms with van der Waals surface area (Å²) in [6.07, 6.45) is 3.88. The van der Waals surface area contributed by atoms with Crippen molar-refractivity contribution in [1.29, 1.82) is 0 Å². The van der Waals surface area contributed by atoms with E-state index in [-0.39, 0.29) is 17.6 Å². The number of hydrogen-bond acceptors (Lipinski definition) is 4.